The summed E-state index contributed by atoms with van der Waals surface area (Å²) in [6.45, 7) is 1.12. The van der Waals surface area contributed by atoms with E-state index < -0.39 is 40.2 Å². The lowest BCUT2D eigenvalue weighted by Gasteiger charge is -2.23. The van der Waals surface area contributed by atoms with Crippen LogP contribution in [0.4, 0.5) is 14.5 Å². The van der Waals surface area contributed by atoms with Gasteiger partial charge in [0.2, 0.25) is 15.9 Å². The summed E-state index contributed by atoms with van der Waals surface area (Å²) in [5.74, 6) is -1.75. The van der Waals surface area contributed by atoms with E-state index in [1.807, 2.05) is 0 Å². The Morgan fingerprint density at radius 2 is 1.72 bits per heavy atom. The number of benzene rings is 2. The minimum atomic E-state index is -3.86. The summed E-state index contributed by atoms with van der Waals surface area (Å²) < 4.78 is 51.5. The van der Waals surface area contributed by atoms with Gasteiger partial charge in [0.25, 0.3) is 0 Å². The molecular formula is C17H18F2N2O3S. The third-order valence-electron chi connectivity index (χ3n) is 3.56. The second kappa shape index (κ2) is 7.60. The second-order valence-electron chi connectivity index (χ2n) is 5.56. The molecule has 0 aliphatic heterocycles. The van der Waals surface area contributed by atoms with Gasteiger partial charge in [-0.05, 0) is 36.8 Å². The number of hydrogen-bond acceptors (Lipinski definition) is 3. The third kappa shape index (κ3) is 4.99. The zero-order valence-corrected chi connectivity index (χ0v) is 14.6. The molecule has 0 fully saturated rings. The molecule has 1 atom stereocenters. The van der Waals surface area contributed by atoms with Crippen LogP contribution in [-0.4, -0.2) is 27.1 Å². The summed E-state index contributed by atoms with van der Waals surface area (Å²) in [4.78, 5) is 12.2. The summed E-state index contributed by atoms with van der Waals surface area (Å²) in [6.07, 6.45) is 0.899. The van der Waals surface area contributed by atoms with Crippen LogP contribution in [-0.2, 0) is 14.8 Å². The van der Waals surface area contributed by atoms with Gasteiger partial charge in [0.15, 0.2) is 0 Å². The molecule has 2 aromatic rings. The maximum Gasteiger partial charge on any atom is 0.241 e. The van der Waals surface area contributed by atoms with Crippen LogP contribution in [0.25, 0.3) is 0 Å². The lowest BCUT2D eigenvalue weighted by molar-refractivity contribution is -0.120. The van der Waals surface area contributed by atoms with E-state index >= 15 is 0 Å². The number of hydrogen-bond donors (Lipinski definition) is 1. The molecule has 1 amide bonds. The number of carbonyl (C=O) groups is 1. The van der Waals surface area contributed by atoms with E-state index in [0.717, 1.165) is 12.3 Å². The van der Waals surface area contributed by atoms with Crippen LogP contribution < -0.4 is 9.62 Å². The topological polar surface area (TPSA) is 66.5 Å². The zero-order valence-electron chi connectivity index (χ0n) is 13.7. The maximum absolute atomic E-state index is 13.9. The van der Waals surface area contributed by atoms with Gasteiger partial charge in [0, 0.05) is 0 Å². The van der Waals surface area contributed by atoms with Crippen LogP contribution in [0.2, 0.25) is 0 Å². The van der Waals surface area contributed by atoms with Gasteiger partial charge >= 0.3 is 0 Å². The van der Waals surface area contributed by atoms with Crippen molar-refractivity contribution in [3.05, 3.63) is 65.7 Å². The Morgan fingerprint density at radius 3 is 2.28 bits per heavy atom. The first-order valence-electron chi connectivity index (χ1n) is 7.45. The monoisotopic (exact) mass is 368 g/mol. The molecule has 1 N–H and O–H groups in total. The zero-order chi connectivity index (χ0) is 18.6. The molecule has 134 valence electrons. The van der Waals surface area contributed by atoms with Gasteiger partial charge < -0.3 is 5.32 Å². The van der Waals surface area contributed by atoms with Crippen LogP contribution >= 0.6 is 0 Å². The van der Waals surface area contributed by atoms with Crippen LogP contribution in [0.3, 0.4) is 0 Å². The number of nitrogens with one attached hydrogen (secondary N) is 1. The molecule has 0 heterocycles. The van der Waals surface area contributed by atoms with E-state index in [9.17, 15) is 22.0 Å². The Bertz CT molecular complexity index is 854. The first-order valence-corrected chi connectivity index (χ1v) is 9.30. The smallest absolute Gasteiger partial charge is 0.241 e. The Kier molecular flexibility index (Phi) is 5.73. The van der Waals surface area contributed by atoms with Crippen molar-refractivity contribution in [1.82, 2.24) is 5.32 Å². The minimum Gasteiger partial charge on any atom is -0.348 e. The molecule has 0 aliphatic carbocycles. The predicted molar refractivity (Wildman–Crippen MR) is 91.5 cm³/mol. The fourth-order valence-corrected chi connectivity index (χ4v) is 3.14. The maximum atomic E-state index is 13.9. The van der Waals surface area contributed by atoms with Crippen molar-refractivity contribution in [2.24, 2.45) is 0 Å². The molecule has 2 aromatic carbocycles. The molecule has 25 heavy (non-hydrogen) atoms. The second-order valence-corrected chi connectivity index (χ2v) is 7.47. The van der Waals surface area contributed by atoms with E-state index in [4.69, 9.17) is 0 Å². The Balaban J connectivity index is 2.15. The minimum absolute atomic E-state index is 0.199. The van der Waals surface area contributed by atoms with Gasteiger partial charge in [-0.25, -0.2) is 17.2 Å². The summed E-state index contributed by atoms with van der Waals surface area (Å²) in [6, 6.07) is 10.4. The van der Waals surface area contributed by atoms with Crippen molar-refractivity contribution < 1.29 is 22.0 Å². The number of anilines is 1. The van der Waals surface area contributed by atoms with Gasteiger partial charge in [0.05, 0.1) is 18.0 Å². The number of nitrogens with zero attached hydrogens (tertiary/aromatic N) is 1. The highest BCUT2D eigenvalue weighted by molar-refractivity contribution is 7.92. The van der Waals surface area contributed by atoms with Crippen LogP contribution in [0.15, 0.2) is 48.5 Å². The molecule has 0 spiro atoms. The van der Waals surface area contributed by atoms with E-state index in [1.54, 1.807) is 6.92 Å². The van der Waals surface area contributed by atoms with E-state index in [1.165, 1.54) is 42.5 Å². The molecule has 0 aromatic heterocycles. The first kappa shape index (κ1) is 18.9. The molecule has 2 rings (SSSR count). The average molecular weight is 368 g/mol. The van der Waals surface area contributed by atoms with Crippen molar-refractivity contribution in [3.63, 3.8) is 0 Å². The van der Waals surface area contributed by atoms with Gasteiger partial charge in [-0.2, -0.15) is 0 Å². The highest BCUT2D eigenvalue weighted by atomic mass is 32.2. The molecule has 0 bridgehead atoms. The van der Waals surface area contributed by atoms with Gasteiger partial charge in [-0.1, -0.05) is 24.3 Å². The van der Waals surface area contributed by atoms with Crippen molar-refractivity contribution in [2.45, 2.75) is 13.0 Å². The van der Waals surface area contributed by atoms with Crippen LogP contribution in [0.1, 0.15) is 18.5 Å². The van der Waals surface area contributed by atoms with Crippen molar-refractivity contribution >= 4 is 21.6 Å². The Morgan fingerprint density at radius 1 is 1.12 bits per heavy atom. The first-order chi connectivity index (χ1) is 11.7. The van der Waals surface area contributed by atoms with Crippen LogP contribution in [0.5, 0.6) is 0 Å². The molecular weight excluding hydrogens is 350 g/mol. The quantitative estimate of drug-likeness (QED) is 0.852. The Labute approximate surface area is 145 Å². The lowest BCUT2D eigenvalue weighted by atomic mass is 10.1. The number of carbonyl (C=O) groups excluding carboxylic acids is 1. The third-order valence-corrected chi connectivity index (χ3v) is 4.68. The molecule has 0 unspecified atom stereocenters. The fourth-order valence-electron chi connectivity index (χ4n) is 2.29. The molecule has 8 heteroatoms. The largest absolute Gasteiger partial charge is 0.348 e. The van der Waals surface area contributed by atoms with E-state index in [-0.39, 0.29) is 5.69 Å². The van der Waals surface area contributed by atoms with Gasteiger partial charge in [-0.3, -0.25) is 9.10 Å². The number of halogens is 2. The van der Waals surface area contributed by atoms with Crippen LogP contribution in [0, 0.1) is 11.6 Å². The van der Waals surface area contributed by atoms with Crippen molar-refractivity contribution in [1.29, 1.82) is 0 Å². The molecule has 0 aliphatic rings. The number of sulfonamides is 1. The molecule has 0 saturated heterocycles. The van der Waals surface area contributed by atoms with E-state index in [0.29, 0.717) is 9.87 Å². The summed E-state index contributed by atoms with van der Waals surface area (Å²) in [7, 11) is -3.86. The van der Waals surface area contributed by atoms with Crippen molar-refractivity contribution in [2.75, 3.05) is 17.1 Å². The standard InChI is InChI=1S/C17H18F2N2O3S/c1-12(13-7-9-14(18)10-8-13)20-17(22)11-21(25(2,23)24)16-6-4-3-5-15(16)19/h3-10,12H,11H2,1-2H3,(H,20,22)/t12-/m0/s1. The average Bonchev–Trinajstić information content (AvgIpc) is 2.53. The summed E-state index contributed by atoms with van der Waals surface area (Å²) >= 11 is 0. The molecule has 5 nitrogen and oxygen atoms in total. The van der Waals surface area contributed by atoms with Gasteiger partial charge in [0.1, 0.15) is 18.2 Å². The number of rotatable bonds is 6. The number of amides is 1. The fraction of sp³-hybridized carbons (Fsp3) is 0.235. The van der Waals surface area contributed by atoms with Crippen molar-refractivity contribution in [3.8, 4) is 0 Å². The highest BCUT2D eigenvalue weighted by Gasteiger charge is 2.24. The summed E-state index contributed by atoms with van der Waals surface area (Å²) in [5, 5.41) is 2.62. The van der Waals surface area contributed by atoms with E-state index in [2.05, 4.69) is 5.32 Å². The molecule has 0 saturated carbocycles. The molecule has 0 radical (unpaired) electrons. The highest BCUT2D eigenvalue weighted by Crippen LogP contribution is 2.21. The summed E-state index contributed by atoms with van der Waals surface area (Å²) in [5.41, 5.74) is 0.459. The number of para-hydroxylation sites is 1. The lowest BCUT2D eigenvalue weighted by Crippen LogP contribution is -2.41. The Hall–Kier alpha value is -2.48. The normalized spacial score (nSPS) is 12.5. The predicted octanol–water partition coefficient (Wildman–Crippen LogP) is 2.61. The SMILES string of the molecule is C[C@H](NC(=O)CN(c1ccccc1F)S(C)(=O)=O)c1ccc(F)cc1. The van der Waals surface area contributed by atoms with Gasteiger partial charge in [-0.15, -0.1) is 0 Å².